The summed E-state index contributed by atoms with van der Waals surface area (Å²) in [7, 11) is 0. The van der Waals surface area contributed by atoms with Crippen LogP contribution in [0.5, 0.6) is 5.75 Å². The lowest BCUT2D eigenvalue weighted by molar-refractivity contribution is 0.305. The third kappa shape index (κ3) is 2.33. The van der Waals surface area contributed by atoms with Gasteiger partial charge in [0.25, 0.3) is 0 Å². The van der Waals surface area contributed by atoms with Crippen molar-refractivity contribution in [1.29, 1.82) is 0 Å². The second kappa shape index (κ2) is 4.82. The highest BCUT2D eigenvalue weighted by Gasteiger charge is 2.12. The summed E-state index contributed by atoms with van der Waals surface area (Å²) in [5.41, 5.74) is 3.37. The van der Waals surface area contributed by atoms with Gasteiger partial charge in [0.15, 0.2) is 0 Å². The van der Waals surface area contributed by atoms with Gasteiger partial charge in [0.1, 0.15) is 12.4 Å². The van der Waals surface area contributed by atoms with Crippen LogP contribution in [-0.2, 0) is 13.2 Å². The Kier molecular flexibility index (Phi) is 3.18. The van der Waals surface area contributed by atoms with E-state index in [0.29, 0.717) is 11.6 Å². The molecule has 0 saturated heterocycles. The topological polar surface area (TPSA) is 21.3 Å². The average molecular weight is 325 g/mol. The first-order chi connectivity index (χ1) is 8.72. The minimum atomic E-state index is 0.574. The predicted octanol–water partition coefficient (Wildman–Crippen LogP) is 4.61. The van der Waals surface area contributed by atoms with E-state index in [1.165, 1.54) is 11.1 Å². The van der Waals surface area contributed by atoms with E-state index >= 15 is 0 Å². The Hall–Kier alpha value is -1.19. The summed E-state index contributed by atoms with van der Waals surface area (Å²) in [5, 5.41) is 4.07. The standard InChI is InChI=1S/C14H11BrClNO/c15-11-2-1-9-7-17-13-6-12(16)3-4-14(13)18-8-10(9)5-11/h1-6,17H,7-8H2. The van der Waals surface area contributed by atoms with Crippen molar-refractivity contribution in [2.24, 2.45) is 0 Å². The minimum absolute atomic E-state index is 0.574. The van der Waals surface area contributed by atoms with Gasteiger partial charge >= 0.3 is 0 Å². The zero-order valence-corrected chi connectivity index (χ0v) is 11.9. The van der Waals surface area contributed by atoms with E-state index in [0.717, 1.165) is 22.5 Å². The zero-order valence-electron chi connectivity index (χ0n) is 9.54. The molecule has 0 saturated carbocycles. The molecule has 0 bridgehead atoms. The second-order valence-corrected chi connectivity index (χ2v) is 5.55. The number of nitrogens with one attached hydrogen (secondary N) is 1. The van der Waals surface area contributed by atoms with Crippen molar-refractivity contribution < 1.29 is 4.74 Å². The van der Waals surface area contributed by atoms with E-state index in [9.17, 15) is 0 Å². The van der Waals surface area contributed by atoms with Gasteiger partial charge in [0.2, 0.25) is 0 Å². The first-order valence-electron chi connectivity index (χ1n) is 5.66. The van der Waals surface area contributed by atoms with Gasteiger partial charge in [-0.25, -0.2) is 0 Å². The van der Waals surface area contributed by atoms with Gasteiger partial charge < -0.3 is 10.1 Å². The highest BCUT2D eigenvalue weighted by Crippen LogP contribution is 2.31. The molecule has 3 rings (SSSR count). The maximum Gasteiger partial charge on any atom is 0.143 e. The number of halogens is 2. The molecule has 92 valence electrons. The van der Waals surface area contributed by atoms with Gasteiger partial charge in [0.05, 0.1) is 5.69 Å². The predicted molar refractivity (Wildman–Crippen MR) is 77.3 cm³/mol. The molecule has 0 unspecified atom stereocenters. The molecule has 0 spiro atoms. The monoisotopic (exact) mass is 323 g/mol. The number of benzene rings is 2. The summed E-state index contributed by atoms with van der Waals surface area (Å²) in [6, 6.07) is 11.9. The second-order valence-electron chi connectivity index (χ2n) is 4.20. The molecule has 1 aliphatic heterocycles. The number of anilines is 1. The zero-order chi connectivity index (χ0) is 12.5. The molecule has 4 heteroatoms. The van der Waals surface area contributed by atoms with Crippen LogP contribution in [0.25, 0.3) is 0 Å². The summed E-state index contributed by atoms with van der Waals surface area (Å²) in [6.45, 7) is 1.35. The lowest BCUT2D eigenvalue weighted by Gasteiger charge is -2.20. The Morgan fingerprint density at radius 2 is 2.00 bits per heavy atom. The molecule has 1 aliphatic rings. The maximum absolute atomic E-state index is 5.99. The van der Waals surface area contributed by atoms with Crippen LogP contribution in [0.3, 0.4) is 0 Å². The number of hydrogen-bond donors (Lipinski definition) is 1. The molecule has 1 N–H and O–H groups in total. The smallest absolute Gasteiger partial charge is 0.143 e. The summed E-state index contributed by atoms with van der Waals surface area (Å²) in [6.07, 6.45) is 0. The van der Waals surface area contributed by atoms with E-state index in [2.05, 4.69) is 33.4 Å². The highest BCUT2D eigenvalue weighted by atomic mass is 79.9. The van der Waals surface area contributed by atoms with Crippen molar-refractivity contribution in [1.82, 2.24) is 0 Å². The van der Waals surface area contributed by atoms with Gasteiger partial charge in [-0.05, 0) is 41.5 Å². The Morgan fingerprint density at radius 3 is 2.89 bits per heavy atom. The molecule has 2 nitrogen and oxygen atoms in total. The van der Waals surface area contributed by atoms with E-state index in [-0.39, 0.29) is 0 Å². The Labute approximate surface area is 119 Å². The lowest BCUT2D eigenvalue weighted by atomic mass is 10.1. The van der Waals surface area contributed by atoms with Gasteiger partial charge in [-0.2, -0.15) is 0 Å². The van der Waals surface area contributed by atoms with Crippen LogP contribution in [0.2, 0.25) is 5.02 Å². The molecule has 2 aromatic carbocycles. The summed E-state index contributed by atoms with van der Waals surface area (Å²) in [4.78, 5) is 0. The van der Waals surface area contributed by atoms with E-state index < -0.39 is 0 Å². The molecule has 0 atom stereocenters. The first-order valence-corrected chi connectivity index (χ1v) is 6.83. The van der Waals surface area contributed by atoms with Crippen molar-refractivity contribution in [2.45, 2.75) is 13.2 Å². The first kappa shape index (κ1) is 11.9. The average Bonchev–Trinajstić information content (AvgIpc) is 2.34. The Balaban J connectivity index is 1.96. The van der Waals surface area contributed by atoms with Crippen LogP contribution in [0.4, 0.5) is 5.69 Å². The van der Waals surface area contributed by atoms with Crippen molar-refractivity contribution in [3.8, 4) is 5.75 Å². The quantitative estimate of drug-likeness (QED) is 0.764. The summed E-state index contributed by atoms with van der Waals surface area (Å²) < 4.78 is 6.89. The molecule has 0 amide bonds. The van der Waals surface area contributed by atoms with Crippen LogP contribution < -0.4 is 10.1 Å². The van der Waals surface area contributed by atoms with Crippen molar-refractivity contribution in [2.75, 3.05) is 5.32 Å². The van der Waals surface area contributed by atoms with Crippen LogP contribution in [0.15, 0.2) is 40.9 Å². The molecule has 0 radical (unpaired) electrons. The summed E-state index contributed by atoms with van der Waals surface area (Å²) in [5.74, 6) is 0.838. The number of fused-ring (bicyclic) bond motifs is 2. The third-order valence-electron chi connectivity index (χ3n) is 2.96. The SMILES string of the molecule is Clc1ccc2c(c1)NCc1ccc(Br)cc1CO2. The Bertz CT molecular complexity index is 547. The van der Waals surface area contributed by atoms with E-state index in [1.54, 1.807) is 0 Å². The lowest BCUT2D eigenvalue weighted by Crippen LogP contribution is -2.10. The normalized spacial score (nSPS) is 13.4. The highest BCUT2D eigenvalue weighted by molar-refractivity contribution is 9.10. The van der Waals surface area contributed by atoms with Crippen molar-refractivity contribution >= 4 is 33.2 Å². The van der Waals surface area contributed by atoms with Crippen molar-refractivity contribution in [3.63, 3.8) is 0 Å². The fourth-order valence-electron chi connectivity index (χ4n) is 2.01. The molecule has 0 aliphatic carbocycles. The fraction of sp³-hybridized carbons (Fsp3) is 0.143. The molecular formula is C14H11BrClNO. The number of hydrogen-bond acceptors (Lipinski definition) is 2. The molecular weight excluding hydrogens is 314 g/mol. The third-order valence-corrected chi connectivity index (χ3v) is 3.69. The molecule has 0 fully saturated rings. The van der Waals surface area contributed by atoms with Gasteiger partial charge in [-0.1, -0.05) is 33.6 Å². The van der Waals surface area contributed by atoms with Gasteiger partial charge in [-0.15, -0.1) is 0 Å². The molecule has 18 heavy (non-hydrogen) atoms. The van der Waals surface area contributed by atoms with Crippen molar-refractivity contribution in [3.05, 3.63) is 57.0 Å². The van der Waals surface area contributed by atoms with Gasteiger partial charge in [-0.3, -0.25) is 0 Å². The van der Waals surface area contributed by atoms with Crippen LogP contribution in [0, 0.1) is 0 Å². The molecule has 0 aromatic heterocycles. The Morgan fingerprint density at radius 1 is 1.11 bits per heavy atom. The summed E-state index contributed by atoms with van der Waals surface area (Å²) >= 11 is 9.47. The number of ether oxygens (including phenoxy) is 1. The maximum atomic E-state index is 5.99. The van der Waals surface area contributed by atoms with E-state index in [1.807, 2.05) is 24.3 Å². The van der Waals surface area contributed by atoms with E-state index in [4.69, 9.17) is 16.3 Å². The number of rotatable bonds is 0. The van der Waals surface area contributed by atoms with Gasteiger partial charge in [0, 0.05) is 16.0 Å². The fourth-order valence-corrected chi connectivity index (χ4v) is 2.59. The minimum Gasteiger partial charge on any atom is -0.487 e. The molecule has 1 heterocycles. The van der Waals surface area contributed by atoms with Crippen LogP contribution in [-0.4, -0.2) is 0 Å². The van der Waals surface area contributed by atoms with Crippen LogP contribution >= 0.6 is 27.5 Å². The largest absolute Gasteiger partial charge is 0.487 e. The molecule has 2 aromatic rings. The van der Waals surface area contributed by atoms with Crippen LogP contribution in [0.1, 0.15) is 11.1 Å².